The second-order valence-corrected chi connectivity index (χ2v) is 8.10. The second kappa shape index (κ2) is 7.67. The van der Waals surface area contributed by atoms with Gasteiger partial charge in [0, 0.05) is 22.6 Å². The fourth-order valence-corrected chi connectivity index (χ4v) is 4.52. The maximum Gasteiger partial charge on any atom is 0.343 e. The SMILES string of the molecule is CCOC(=O)/C=C/c1cccc2nc3c(cc12)Cn1c-3cc2c(c1=O)COC(=O)[C@]2(O)CC. The number of carbonyl (C=O) groups is 2. The highest BCUT2D eigenvalue weighted by atomic mass is 16.6. The molecular weight excluding hydrogens is 424 g/mol. The van der Waals surface area contributed by atoms with Crippen molar-refractivity contribution < 1.29 is 24.2 Å². The minimum atomic E-state index is -1.85. The maximum absolute atomic E-state index is 13.3. The Kier molecular flexibility index (Phi) is 4.90. The van der Waals surface area contributed by atoms with Gasteiger partial charge in [0.15, 0.2) is 5.60 Å². The Morgan fingerprint density at radius 3 is 2.88 bits per heavy atom. The summed E-state index contributed by atoms with van der Waals surface area (Å²) in [4.78, 5) is 42.1. The average molecular weight is 446 g/mol. The molecule has 3 aromatic rings. The zero-order chi connectivity index (χ0) is 23.3. The van der Waals surface area contributed by atoms with E-state index in [2.05, 4.69) is 0 Å². The highest BCUT2D eigenvalue weighted by molar-refractivity contribution is 5.95. The van der Waals surface area contributed by atoms with Gasteiger partial charge in [-0.3, -0.25) is 4.79 Å². The Labute approximate surface area is 189 Å². The summed E-state index contributed by atoms with van der Waals surface area (Å²) < 4.78 is 11.7. The highest BCUT2D eigenvalue weighted by Crippen LogP contribution is 2.38. The monoisotopic (exact) mass is 446 g/mol. The smallest absolute Gasteiger partial charge is 0.343 e. The van der Waals surface area contributed by atoms with Crippen LogP contribution in [-0.2, 0) is 37.8 Å². The first-order valence-corrected chi connectivity index (χ1v) is 10.8. The summed E-state index contributed by atoms with van der Waals surface area (Å²) in [6.07, 6.45) is 3.16. The molecule has 0 amide bonds. The molecule has 1 N–H and O–H groups in total. The third-order valence-corrected chi connectivity index (χ3v) is 6.27. The molecule has 8 heteroatoms. The molecular formula is C25H22N2O6. The van der Waals surface area contributed by atoms with E-state index in [0.29, 0.717) is 35.6 Å². The molecule has 168 valence electrons. The zero-order valence-electron chi connectivity index (χ0n) is 18.3. The van der Waals surface area contributed by atoms with Crippen molar-refractivity contribution in [2.24, 2.45) is 0 Å². The summed E-state index contributed by atoms with van der Waals surface area (Å²) in [5, 5.41) is 11.8. The number of nitrogens with zero attached hydrogens (tertiary/aromatic N) is 2. The van der Waals surface area contributed by atoms with Crippen molar-refractivity contribution in [1.29, 1.82) is 0 Å². The quantitative estimate of drug-likeness (QED) is 0.379. The van der Waals surface area contributed by atoms with E-state index in [1.54, 1.807) is 30.6 Å². The van der Waals surface area contributed by atoms with Crippen LogP contribution in [-0.4, -0.2) is 33.2 Å². The number of hydrogen-bond acceptors (Lipinski definition) is 7. The number of rotatable bonds is 4. The number of esters is 2. The van der Waals surface area contributed by atoms with E-state index in [-0.39, 0.29) is 24.2 Å². The van der Waals surface area contributed by atoms with Gasteiger partial charge >= 0.3 is 11.9 Å². The van der Waals surface area contributed by atoms with Gasteiger partial charge in [-0.05, 0) is 43.2 Å². The zero-order valence-corrected chi connectivity index (χ0v) is 18.3. The first kappa shape index (κ1) is 21.1. The van der Waals surface area contributed by atoms with Crippen molar-refractivity contribution in [2.75, 3.05) is 6.61 Å². The largest absolute Gasteiger partial charge is 0.463 e. The van der Waals surface area contributed by atoms with Crippen LogP contribution >= 0.6 is 0 Å². The molecule has 5 rings (SSSR count). The summed E-state index contributed by atoms with van der Waals surface area (Å²) in [6.45, 7) is 3.87. The van der Waals surface area contributed by atoms with Gasteiger partial charge < -0.3 is 19.1 Å². The molecule has 1 aromatic carbocycles. The summed E-state index contributed by atoms with van der Waals surface area (Å²) in [7, 11) is 0. The Morgan fingerprint density at radius 1 is 1.30 bits per heavy atom. The third-order valence-electron chi connectivity index (χ3n) is 6.27. The van der Waals surface area contributed by atoms with Gasteiger partial charge in [-0.1, -0.05) is 19.1 Å². The molecule has 0 bridgehead atoms. The van der Waals surface area contributed by atoms with Crippen molar-refractivity contribution in [2.45, 2.75) is 39.0 Å². The van der Waals surface area contributed by atoms with Gasteiger partial charge in [0.25, 0.3) is 5.56 Å². The van der Waals surface area contributed by atoms with Crippen LogP contribution in [0.1, 0.15) is 42.5 Å². The Morgan fingerprint density at radius 2 is 2.12 bits per heavy atom. The molecule has 2 aliphatic rings. The number of benzene rings is 1. The molecule has 4 heterocycles. The third kappa shape index (κ3) is 3.17. The molecule has 0 unspecified atom stereocenters. The van der Waals surface area contributed by atoms with Crippen LogP contribution in [0, 0.1) is 0 Å². The van der Waals surface area contributed by atoms with Crippen LogP contribution in [0.3, 0.4) is 0 Å². The van der Waals surface area contributed by atoms with E-state index >= 15 is 0 Å². The molecule has 0 fully saturated rings. The predicted octanol–water partition coefficient (Wildman–Crippen LogP) is 2.66. The number of hydrogen-bond donors (Lipinski definition) is 1. The number of ether oxygens (including phenoxy) is 2. The maximum atomic E-state index is 13.3. The molecule has 0 saturated carbocycles. The van der Waals surface area contributed by atoms with Crippen LogP contribution < -0.4 is 5.56 Å². The van der Waals surface area contributed by atoms with E-state index < -0.39 is 17.5 Å². The van der Waals surface area contributed by atoms with Gasteiger partial charge in [-0.25, -0.2) is 14.6 Å². The lowest BCUT2D eigenvalue weighted by molar-refractivity contribution is -0.172. The molecule has 8 nitrogen and oxygen atoms in total. The average Bonchev–Trinajstić information content (AvgIpc) is 3.17. The van der Waals surface area contributed by atoms with Crippen LogP contribution in [0.5, 0.6) is 0 Å². The van der Waals surface area contributed by atoms with E-state index in [9.17, 15) is 19.5 Å². The topological polar surface area (TPSA) is 108 Å². The first-order valence-electron chi connectivity index (χ1n) is 10.8. The van der Waals surface area contributed by atoms with E-state index in [0.717, 1.165) is 16.5 Å². The van der Waals surface area contributed by atoms with Gasteiger partial charge in [0.05, 0.1) is 35.6 Å². The Bertz CT molecular complexity index is 1420. The number of cyclic esters (lactones) is 1. The number of aromatic nitrogens is 2. The van der Waals surface area contributed by atoms with E-state index in [1.807, 2.05) is 24.3 Å². The van der Waals surface area contributed by atoms with Crippen LogP contribution in [0.25, 0.3) is 28.4 Å². The number of carbonyl (C=O) groups excluding carboxylic acids is 2. The minimum absolute atomic E-state index is 0.0931. The van der Waals surface area contributed by atoms with Gasteiger partial charge in [-0.2, -0.15) is 0 Å². The molecule has 1 atom stereocenters. The molecule has 2 aromatic heterocycles. The lowest BCUT2D eigenvalue weighted by Crippen LogP contribution is -2.44. The second-order valence-electron chi connectivity index (χ2n) is 8.10. The molecule has 0 radical (unpaired) electrons. The normalized spacial score (nSPS) is 18.7. The fourth-order valence-electron chi connectivity index (χ4n) is 4.52. The van der Waals surface area contributed by atoms with Crippen LogP contribution in [0.2, 0.25) is 0 Å². The summed E-state index contributed by atoms with van der Waals surface area (Å²) in [5.41, 5.74) is 1.96. The summed E-state index contributed by atoms with van der Waals surface area (Å²) in [6, 6.07) is 9.23. The highest BCUT2D eigenvalue weighted by Gasteiger charge is 2.45. The number of pyridine rings is 2. The Hall–Kier alpha value is -3.78. The van der Waals surface area contributed by atoms with Gasteiger partial charge in [0.1, 0.15) is 6.61 Å². The van der Waals surface area contributed by atoms with Crippen molar-refractivity contribution in [3.63, 3.8) is 0 Å². The van der Waals surface area contributed by atoms with Gasteiger partial charge in [0.2, 0.25) is 0 Å². The summed E-state index contributed by atoms with van der Waals surface area (Å²) in [5.74, 6) is -1.17. The van der Waals surface area contributed by atoms with Crippen molar-refractivity contribution in [1.82, 2.24) is 9.55 Å². The van der Waals surface area contributed by atoms with Crippen molar-refractivity contribution >= 4 is 28.9 Å². The van der Waals surface area contributed by atoms with Crippen LogP contribution in [0.4, 0.5) is 0 Å². The van der Waals surface area contributed by atoms with Crippen molar-refractivity contribution in [3.8, 4) is 11.4 Å². The first-order chi connectivity index (χ1) is 15.9. The number of aliphatic hydroxyl groups is 1. The lowest BCUT2D eigenvalue weighted by Gasteiger charge is -2.31. The lowest BCUT2D eigenvalue weighted by atomic mass is 9.86. The van der Waals surface area contributed by atoms with E-state index in [1.165, 1.54) is 6.08 Å². The van der Waals surface area contributed by atoms with E-state index in [4.69, 9.17) is 14.5 Å². The number of fused-ring (bicyclic) bond motifs is 5. The molecule has 0 spiro atoms. The molecule has 0 aliphatic carbocycles. The van der Waals surface area contributed by atoms with Crippen molar-refractivity contribution in [3.05, 3.63) is 69.0 Å². The predicted molar refractivity (Wildman–Crippen MR) is 120 cm³/mol. The van der Waals surface area contributed by atoms with Gasteiger partial charge in [-0.15, -0.1) is 0 Å². The standard InChI is InChI=1S/C25H22N2O6/c1-3-25(31)18-11-20-22-15(12-27(20)23(29)17(18)13-33-24(25)30)10-16-14(6-5-7-19(16)26-22)8-9-21(28)32-4-2/h5-11,31H,3-4,12-13H2,1-2H3/b9-8+/t25-/m0/s1. The van der Waals surface area contributed by atoms with Crippen LogP contribution in [0.15, 0.2) is 41.2 Å². The molecule has 0 saturated heterocycles. The summed E-state index contributed by atoms with van der Waals surface area (Å²) >= 11 is 0. The molecule has 33 heavy (non-hydrogen) atoms. The Balaban J connectivity index is 1.66. The molecule has 2 aliphatic heterocycles. The minimum Gasteiger partial charge on any atom is -0.463 e. The fraction of sp³-hybridized carbons (Fsp3) is 0.280.